The lowest BCUT2D eigenvalue weighted by Gasteiger charge is -2.38. The number of hydrogen-bond acceptors (Lipinski definition) is 8. The first-order valence-electron chi connectivity index (χ1n) is 13.1. The van der Waals surface area contributed by atoms with Crippen LogP contribution in [0.2, 0.25) is 5.02 Å². The molecule has 39 heavy (non-hydrogen) atoms. The Labute approximate surface area is 236 Å². The van der Waals surface area contributed by atoms with Crippen molar-refractivity contribution in [2.45, 2.75) is 23.1 Å². The third-order valence-corrected chi connectivity index (χ3v) is 10.6. The molecule has 11 nitrogen and oxygen atoms in total. The first-order valence-corrected chi connectivity index (χ1v) is 15.7. The molecule has 0 aliphatic carbocycles. The highest BCUT2D eigenvalue weighted by Gasteiger charge is 2.35. The van der Waals surface area contributed by atoms with Crippen LogP contribution in [0, 0.1) is 0 Å². The van der Waals surface area contributed by atoms with E-state index < -0.39 is 22.0 Å². The van der Waals surface area contributed by atoms with Gasteiger partial charge in [-0.15, -0.1) is 11.3 Å². The third kappa shape index (κ3) is 6.72. The number of fused-ring (bicyclic) bond motifs is 1. The zero-order valence-corrected chi connectivity index (χ0v) is 23.9. The minimum atomic E-state index is -3.93. The number of nitrogens with one attached hydrogen (secondary N) is 1. The number of morpholine rings is 1. The van der Waals surface area contributed by atoms with Crippen molar-refractivity contribution in [2.24, 2.45) is 0 Å². The zero-order chi connectivity index (χ0) is 27.6. The van der Waals surface area contributed by atoms with Gasteiger partial charge in [0.05, 0.1) is 26.3 Å². The van der Waals surface area contributed by atoms with Crippen LogP contribution in [0.15, 0.2) is 28.5 Å². The van der Waals surface area contributed by atoms with E-state index in [-0.39, 0.29) is 22.6 Å². The number of benzene rings is 1. The highest BCUT2D eigenvalue weighted by atomic mass is 35.5. The molecule has 1 atom stereocenters. The highest BCUT2D eigenvalue weighted by Crippen LogP contribution is 2.31. The lowest BCUT2D eigenvalue weighted by molar-refractivity contribution is -0.144. The zero-order valence-electron chi connectivity index (χ0n) is 21.5. The molecule has 212 valence electrons. The fraction of sp³-hybridized carbons (Fsp3) is 0.560. The minimum absolute atomic E-state index is 0.0740. The number of piperazine rings is 1. The predicted octanol–water partition coefficient (Wildman–Crippen LogP) is 0.827. The minimum Gasteiger partial charge on any atom is -0.378 e. The highest BCUT2D eigenvalue weighted by molar-refractivity contribution is 7.91. The molecule has 2 aromatic rings. The van der Waals surface area contributed by atoms with Gasteiger partial charge < -0.3 is 19.4 Å². The Morgan fingerprint density at radius 3 is 2.41 bits per heavy atom. The maximum atomic E-state index is 13.1. The topological polar surface area (TPSA) is 120 Å². The number of piperidine rings is 1. The largest absolute Gasteiger partial charge is 0.378 e. The van der Waals surface area contributed by atoms with Crippen molar-refractivity contribution in [1.29, 1.82) is 0 Å². The summed E-state index contributed by atoms with van der Waals surface area (Å²) in [6.45, 7) is 5.08. The summed E-state index contributed by atoms with van der Waals surface area (Å²) >= 11 is 7.12. The number of carbonyl (C=O) groups excluding carboxylic acids is 3. The van der Waals surface area contributed by atoms with Gasteiger partial charge in [-0.1, -0.05) is 17.7 Å². The summed E-state index contributed by atoms with van der Waals surface area (Å²) in [7, 11) is -3.93. The monoisotopic (exact) mass is 597 g/mol. The lowest BCUT2D eigenvalue weighted by Crippen LogP contribution is -2.57. The van der Waals surface area contributed by atoms with E-state index in [9.17, 15) is 22.8 Å². The Morgan fingerprint density at radius 1 is 0.974 bits per heavy atom. The number of thiophene rings is 1. The Kier molecular flexibility index (Phi) is 8.74. The Hall–Kier alpha value is -2.29. The van der Waals surface area contributed by atoms with Gasteiger partial charge in [0.25, 0.3) is 10.0 Å². The van der Waals surface area contributed by atoms with Gasteiger partial charge in [-0.2, -0.15) is 4.72 Å². The summed E-state index contributed by atoms with van der Waals surface area (Å²) in [5, 5.41) is 1.28. The Balaban J connectivity index is 1.12. The van der Waals surface area contributed by atoms with Crippen LogP contribution in [0.3, 0.4) is 0 Å². The van der Waals surface area contributed by atoms with Crippen molar-refractivity contribution < 1.29 is 27.5 Å². The van der Waals surface area contributed by atoms with Gasteiger partial charge in [0.1, 0.15) is 10.3 Å². The van der Waals surface area contributed by atoms with Crippen LogP contribution in [0.4, 0.5) is 0 Å². The van der Waals surface area contributed by atoms with Crippen molar-refractivity contribution in [3.63, 3.8) is 0 Å². The third-order valence-electron chi connectivity index (χ3n) is 7.33. The standard InChI is InChI=1S/C25H32ClN5O6S2/c26-19-4-3-18-14-24(38-21(18)15-19)39(35,36)27-20-2-1-5-31(25(20)34)17-23(33)29-8-6-28(7-9-29)16-22(32)30-10-12-37-13-11-30/h3-4,14-15,20,27H,1-2,5-13,16-17H2. The van der Waals surface area contributed by atoms with E-state index >= 15 is 0 Å². The number of carbonyl (C=O) groups is 3. The van der Waals surface area contributed by atoms with Crippen LogP contribution in [0.25, 0.3) is 10.1 Å². The molecular formula is C25H32ClN5O6S2. The molecule has 4 heterocycles. The number of ether oxygens (including phenoxy) is 1. The summed E-state index contributed by atoms with van der Waals surface area (Å²) in [6, 6.07) is 5.82. The number of amides is 3. The summed E-state index contributed by atoms with van der Waals surface area (Å²) < 4.78 is 34.8. The number of rotatable bonds is 7. The average molecular weight is 598 g/mol. The maximum Gasteiger partial charge on any atom is 0.250 e. The van der Waals surface area contributed by atoms with Crippen molar-refractivity contribution in [3.8, 4) is 0 Å². The first kappa shape index (κ1) is 28.2. The molecule has 3 amide bonds. The molecule has 3 saturated heterocycles. The second kappa shape index (κ2) is 12.1. The van der Waals surface area contributed by atoms with Gasteiger partial charge in [0, 0.05) is 55.5 Å². The van der Waals surface area contributed by atoms with E-state index in [2.05, 4.69) is 4.72 Å². The summed E-state index contributed by atoms with van der Waals surface area (Å²) in [6.07, 6.45) is 0.959. The predicted molar refractivity (Wildman–Crippen MR) is 147 cm³/mol. The SMILES string of the molecule is O=C(CN1CCN(C(=O)CN2CCCC(NS(=O)(=O)c3cc4ccc(Cl)cc4s3)C2=O)CC1)N1CCOCC1. The summed E-state index contributed by atoms with van der Waals surface area (Å²) in [5.74, 6) is -0.491. The molecule has 0 bridgehead atoms. The first-order chi connectivity index (χ1) is 18.7. The van der Waals surface area contributed by atoms with E-state index in [1.165, 1.54) is 4.90 Å². The van der Waals surface area contributed by atoms with Crippen LogP contribution in [-0.4, -0.2) is 124 Å². The van der Waals surface area contributed by atoms with Crippen LogP contribution in [0.1, 0.15) is 12.8 Å². The van der Waals surface area contributed by atoms with Gasteiger partial charge in [0.15, 0.2) is 0 Å². The van der Waals surface area contributed by atoms with Crippen LogP contribution >= 0.6 is 22.9 Å². The van der Waals surface area contributed by atoms with E-state index in [1.807, 2.05) is 9.80 Å². The van der Waals surface area contributed by atoms with Crippen molar-refractivity contribution in [3.05, 3.63) is 29.3 Å². The normalized spacial score (nSPS) is 21.5. The van der Waals surface area contributed by atoms with Gasteiger partial charge in [0.2, 0.25) is 17.7 Å². The second-order valence-electron chi connectivity index (χ2n) is 9.97. The number of sulfonamides is 1. The molecule has 0 saturated carbocycles. The van der Waals surface area contributed by atoms with Gasteiger partial charge in [-0.3, -0.25) is 19.3 Å². The molecule has 1 aromatic heterocycles. The number of nitrogens with zero attached hydrogens (tertiary/aromatic N) is 4. The lowest BCUT2D eigenvalue weighted by atomic mass is 10.1. The molecule has 3 aliphatic heterocycles. The number of halogens is 1. The smallest absolute Gasteiger partial charge is 0.250 e. The van der Waals surface area contributed by atoms with Gasteiger partial charge in [-0.05, 0) is 36.4 Å². The van der Waals surface area contributed by atoms with Crippen molar-refractivity contribution >= 4 is 60.8 Å². The Bertz CT molecular complexity index is 1340. The maximum absolute atomic E-state index is 13.1. The molecule has 1 N–H and O–H groups in total. The summed E-state index contributed by atoms with van der Waals surface area (Å²) in [4.78, 5) is 45.7. The van der Waals surface area contributed by atoms with Crippen LogP contribution in [0.5, 0.6) is 0 Å². The fourth-order valence-corrected chi connectivity index (χ4v) is 8.00. The number of hydrogen-bond donors (Lipinski definition) is 1. The molecule has 0 spiro atoms. The second-order valence-corrected chi connectivity index (χ2v) is 13.4. The molecule has 3 aliphatic rings. The van der Waals surface area contributed by atoms with E-state index in [4.69, 9.17) is 16.3 Å². The quantitative estimate of drug-likeness (QED) is 0.502. The molecule has 0 radical (unpaired) electrons. The van der Waals surface area contributed by atoms with Crippen molar-refractivity contribution in [2.75, 3.05) is 72.1 Å². The fourth-order valence-electron chi connectivity index (χ4n) is 5.09. The average Bonchev–Trinajstić information content (AvgIpc) is 3.36. The van der Waals surface area contributed by atoms with E-state index in [0.717, 1.165) is 21.4 Å². The molecule has 5 rings (SSSR count). The number of likely N-dealkylation sites (tertiary alicyclic amines) is 1. The Morgan fingerprint density at radius 2 is 1.67 bits per heavy atom. The molecular weight excluding hydrogens is 566 g/mol. The van der Waals surface area contributed by atoms with Crippen molar-refractivity contribution in [1.82, 2.24) is 24.3 Å². The van der Waals surface area contributed by atoms with Gasteiger partial charge in [-0.25, -0.2) is 8.42 Å². The van der Waals surface area contributed by atoms with Crippen LogP contribution in [-0.2, 0) is 29.1 Å². The van der Waals surface area contributed by atoms with Crippen LogP contribution < -0.4 is 4.72 Å². The molecule has 1 unspecified atom stereocenters. The molecule has 3 fully saturated rings. The summed E-state index contributed by atoms with van der Waals surface area (Å²) in [5.41, 5.74) is 0. The molecule has 14 heteroatoms. The van der Waals surface area contributed by atoms with E-state index in [1.54, 1.807) is 29.2 Å². The molecule has 1 aromatic carbocycles. The van der Waals surface area contributed by atoms with E-state index in [0.29, 0.717) is 83.4 Å². The van der Waals surface area contributed by atoms with Gasteiger partial charge >= 0.3 is 0 Å².